The fourth-order valence-corrected chi connectivity index (χ4v) is 3.93. The summed E-state index contributed by atoms with van der Waals surface area (Å²) in [6.07, 6.45) is 2.32. The molecule has 1 aliphatic heterocycles. The van der Waals surface area contributed by atoms with Gasteiger partial charge < -0.3 is 15.1 Å². The number of halogens is 1. The van der Waals surface area contributed by atoms with Crippen LogP contribution in [0.25, 0.3) is 10.8 Å². The molecule has 2 amide bonds. The molecular formula is C24H26FN5O3. The summed E-state index contributed by atoms with van der Waals surface area (Å²) in [4.78, 5) is 40.6. The standard InChI is InChI=1S/C24H26FN5O3/c1-2-3-8-21(31)29-11-13-30(14-12-29)24(33)19-15-16(9-10-20(19)25)26-22-17-6-4-5-7-18(17)23(32)28-27-22/h4-7,9-10,15H,2-3,8,11-14H2,1H3,(H,26,27)(H,28,32). The van der Waals surface area contributed by atoms with E-state index in [0.29, 0.717) is 54.9 Å². The van der Waals surface area contributed by atoms with Crippen LogP contribution in [0.3, 0.4) is 0 Å². The first-order chi connectivity index (χ1) is 16.0. The zero-order valence-electron chi connectivity index (χ0n) is 18.4. The Hall–Kier alpha value is -3.75. The number of carbonyl (C=O) groups is 2. The normalized spacial score (nSPS) is 13.9. The molecule has 8 nitrogen and oxygen atoms in total. The van der Waals surface area contributed by atoms with Crippen molar-refractivity contribution < 1.29 is 14.0 Å². The quantitative estimate of drug-likeness (QED) is 0.599. The van der Waals surface area contributed by atoms with Crippen LogP contribution in [0.15, 0.2) is 47.3 Å². The van der Waals surface area contributed by atoms with E-state index in [4.69, 9.17) is 0 Å². The molecule has 2 heterocycles. The molecule has 2 N–H and O–H groups in total. The van der Waals surface area contributed by atoms with Crippen LogP contribution in [0, 0.1) is 5.82 Å². The lowest BCUT2D eigenvalue weighted by atomic mass is 10.1. The number of hydrogen-bond acceptors (Lipinski definition) is 5. The van der Waals surface area contributed by atoms with E-state index >= 15 is 0 Å². The molecule has 2 aromatic carbocycles. The monoisotopic (exact) mass is 451 g/mol. The highest BCUT2D eigenvalue weighted by Crippen LogP contribution is 2.24. The molecule has 9 heteroatoms. The molecule has 33 heavy (non-hydrogen) atoms. The number of amides is 2. The average molecular weight is 452 g/mol. The van der Waals surface area contributed by atoms with Crippen molar-refractivity contribution >= 4 is 34.1 Å². The summed E-state index contributed by atoms with van der Waals surface area (Å²) in [5.74, 6) is -0.543. The van der Waals surface area contributed by atoms with Gasteiger partial charge in [-0.1, -0.05) is 31.5 Å². The number of hydrogen-bond donors (Lipinski definition) is 2. The van der Waals surface area contributed by atoms with Gasteiger partial charge in [0.15, 0.2) is 5.82 Å². The van der Waals surface area contributed by atoms with Crippen molar-refractivity contribution in [2.24, 2.45) is 0 Å². The Labute approximate surface area is 190 Å². The van der Waals surface area contributed by atoms with E-state index in [1.165, 1.54) is 18.2 Å². The van der Waals surface area contributed by atoms with Gasteiger partial charge in [0.2, 0.25) is 5.91 Å². The van der Waals surface area contributed by atoms with Gasteiger partial charge in [-0.2, -0.15) is 5.10 Å². The van der Waals surface area contributed by atoms with Crippen molar-refractivity contribution in [1.82, 2.24) is 20.0 Å². The maximum atomic E-state index is 14.6. The minimum absolute atomic E-state index is 0.0560. The number of aromatic nitrogens is 2. The van der Waals surface area contributed by atoms with Crippen molar-refractivity contribution in [3.8, 4) is 0 Å². The highest BCUT2D eigenvalue weighted by molar-refractivity contribution is 5.97. The Balaban J connectivity index is 1.49. The summed E-state index contributed by atoms with van der Waals surface area (Å²) in [5.41, 5.74) is 0.107. The topological polar surface area (TPSA) is 98.4 Å². The van der Waals surface area contributed by atoms with Gasteiger partial charge in [-0.25, -0.2) is 9.49 Å². The van der Waals surface area contributed by atoms with Gasteiger partial charge >= 0.3 is 0 Å². The maximum absolute atomic E-state index is 14.6. The van der Waals surface area contributed by atoms with Crippen molar-refractivity contribution in [2.75, 3.05) is 31.5 Å². The van der Waals surface area contributed by atoms with Gasteiger partial charge in [-0.3, -0.25) is 14.4 Å². The van der Waals surface area contributed by atoms with E-state index in [0.717, 1.165) is 12.8 Å². The Kier molecular flexibility index (Phi) is 6.67. The third-order valence-corrected chi connectivity index (χ3v) is 5.82. The van der Waals surface area contributed by atoms with E-state index in [2.05, 4.69) is 15.5 Å². The minimum atomic E-state index is -0.619. The number of nitrogens with zero attached hydrogens (tertiary/aromatic N) is 3. The lowest BCUT2D eigenvalue weighted by molar-refractivity contribution is -0.132. The number of fused-ring (bicyclic) bond motifs is 1. The molecule has 1 fully saturated rings. The molecule has 0 atom stereocenters. The van der Waals surface area contributed by atoms with E-state index in [1.807, 2.05) is 6.92 Å². The van der Waals surface area contributed by atoms with Crippen LogP contribution in [0.2, 0.25) is 0 Å². The summed E-state index contributed by atoms with van der Waals surface area (Å²) in [7, 11) is 0. The Morgan fingerprint density at radius 2 is 1.76 bits per heavy atom. The smallest absolute Gasteiger partial charge is 0.272 e. The Morgan fingerprint density at radius 1 is 1.06 bits per heavy atom. The molecule has 0 aliphatic carbocycles. The number of carbonyl (C=O) groups excluding carboxylic acids is 2. The number of anilines is 2. The predicted molar refractivity (Wildman–Crippen MR) is 124 cm³/mol. The molecule has 0 radical (unpaired) electrons. The summed E-state index contributed by atoms with van der Waals surface area (Å²) >= 11 is 0. The van der Waals surface area contributed by atoms with Crippen molar-refractivity contribution in [3.05, 3.63) is 64.2 Å². The molecule has 172 valence electrons. The molecule has 4 rings (SSSR count). The zero-order chi connectivity index (χ0) is 23.4. The zero-order valence-corrected chi connectivity index (χ0v) is 18.4. The fourth-order valence-electron chi connectivity index (χ4n) is 3.93. The molecule has 1 saturated heterocycles. The summed E-state index contributed by atoms with van der Waals surface area (Å²) in [6.45, 7) is 3.65. The summed E-state index contributed by atoms with van der Waals surface area (Å²) < 4.78 is 14.6. The second kappa shape index (κ2) is 9.81. The lowest BCUT2D eigenvalue weighted by Crippen LogP contribution is -2.50. The third-order valence-electron chi connectivity index (χ3n) is 5.82. The first-order valence-electron chi connectivity index (χ1n) is 11.1. The highest BCUT2D eigenvalue weighted by Gasteiger charge is 2.26. The molecule has 0 spiro atoms. The third kappa shape index (κ3) is 4.87. The molecular weight excluding hydrogens is 425 g/mol. The summed E-state index contributed by atoms with van der Waals surface area (Å²) in [6, 6.07) is 11.2. The number of nitrogens with one attached hydrogen (secondary N) is 2. The Bertz CT molecular complexity index is 1230. The highest BCUT2D eigenvalue weighted by atomic mass is 19.1. The predicted octanol–water partition coefficient (Wildman–Crippen LogP) is 3.28. The van der Waals surface area contributed by atoms with Crippen molar-refractivity contribution in [3.63, 3.8) is 0 Å². The van der Waals surface area contributed by atoms with Gasteiger partial charge in [0.25, 0.3) is 11.5 Å². The molecule has 0 bridgehead atoms. The molecule has 0 unspecified atom stereocenters. The first-order valence-corrected chi connectivity index (χ1v) is 11.1. The number of unbranched alkanes of at least 4 members (excludes halogenated alkanes) is 1. The van der Waals surface area contributed by atoms with Crippen LogP contribution in [-0.4, -0.2) is 58.0 Å². The first kappa shape index (κ1) is 22.4. The van der Waals surface area contributed by atoms with Crippen LogP contribution in [0.5, 0.6) is 0 Å². The molecule has 3 aromatic rings. The van der Waals surface area contributed by atoms with E-state index in [-0.39, 0.29) is 17.0 Å². The van der Waals surface area contributed by atoms with E-state index in [9.17, 15) is 18.8 Å². The number of piperazine rings is 1. The van der Waals surface area contributed by atoms with Crippen molar-refractivity contribution in [2.45, 2.75) is 26.2 Å². The molecule has 0 saturated carbocycles. The summed E-state index contributed by atoms with van der Waals surface area (Å²) in [5, 5.41) is 10.7. The van der Waals surface area contributed by atoms with Crippen molar-refractivity contribution in [1.29, 1.82) is 0 Å². The second-order valence-electron chi connectivity index (χ2n) is 8.04. The van der Waals surface area contributed by atoms with E-state index in [1.54, 1.807) is 34.1 Å². The maximum Gasteiger partial charge on any atom is 0.272 e. The fraction of sp³-hybridized carbons (Fsp3) is 0.333. The van der Waals surface area contributed by atoms with Crippen LogP contribution >= 0.6 is 0 Å². The van der Waals surface area contributed by atoms with Gasteiger partial charge in [0.1, 0.15) is 5.82 Å². The van der Waals surface area contributed by atoms with Crippen LogP contribution in [-0.2, 0) is 4.79 Å². The largest absolute Gasteiger partial charge is 0.339 e. The van der Waals surface area contributed by atoms with Crippen LogP contribution in [0.1, 0.15) is 36.5 Å². The average Bonchev–Trinajstić information content (AvgIpc) is 2.85. The van der Waals surface area contributed by atoms with E-state index < -0.39 is 11.7 Å². The second-order valence-corrected chi connectivity index (χ2v) is 8.04. The molecule has 1 aliphatic rings. The number of H-pyrrole nitrogens is 1. The van der Waals surface area contributed by atoms with Crippen LogP contribution in [0.4, 0.5) is 15.9 Å². The van der Waals surface area contributed by atoms with Gasteiger partial charge in [0.05, 0.1) is 10.9 Å². The number of benzene rings is 2. The molecule has 1 aromatic heterocycles. The SMILES string of the molecule is CCCCC(=O)N1CCN(C(=O)c2cc(Nc3n[nH]c(=O)c4ccccc34)ccc2F)CC1. The number of rotatable bonds is 6. The van der Waals surface area contributed by atoms with Gasteiger partial charge in [0, 0.05) is 43.7 Å². The van der Waals surface area contributed by atoms with Gasteiger partial charge in [-0.15, -0.1) is 0 Å². The van der Waals surface area contributed by atoms with Gasteiger partial charge in [-0.05, 0) is 30.7 Å². The lowest BCUT2D eigenvalue weighted by Gasteiger charge is -2.35. The minimum Gasteiger partial charge on any atom is -0.339 e. The number of aromatic amines is 1. The van der Waals surface area contributed by atoms with Crippen LogP contribution < -0.4 is 10.9 Å². The Morgan fingerprint density at radius 3 is 2.48 bits per heavy atom.